The quantitative estimate of drug-likeness (QED) is 0.220. The van der Waals surface area contributed by atoms with Crippen molar-refractivity contribution in [3.8, 4) is 0 Å². The third kappa shape index (κ3) is 6.07. The van der Waals surface area contributed by atoms with Gasteiger partial charge in [-0.05, 0) is 79.4 Å². The van der Waals surface area contributed by atoms with Gasteiger partial charge in [0.25, 0.3) is 0 Å². The Labute approximate surface area is 298 Å². The zero-order valence-corrected chi connectivity index (χ0v) is 32.0. The molecular weight excluding hydrogens is 657 g/mol. The van der Waals surface area contributed by atoms with E-state index in [0.717, 1.165) is 51.4 Å². The Morgan fingerprint density at radius 3 is 2.02 bits per heavy atom. The number of carbonyl (C=O) groups excluding carboxylic acids is 4. The highest BCUT2D eigenvalue weighted by Gasteiger charge is 2.85. The summed E-state index contributed by atoms with van der Waals surface area (Å²) in [5, 5.41) is 9.52. The number of Topliss-reactive ketones (excluding diaryl/α,β-unsaturated/α-hetero) is 2. The standard InChI is InChI=1S/C39H60N2O8S/c1-7-25-20-37(25,34(47)40-50(48,49)27-14-15-27)22-31(43)30-21-39(36(5,6)38(39)16-11-17-38)23-41(30)32(44)29(35(2,3)4)19-26(42)18-28(33(45)46)24-12-9-8-10-13-24/h24-25,27-30H,7-23H2,1-6H3,(H,40,47)(H,45,46)/t25-,28+,29-,30+,37-,39-/m1/s1. The van der Waals surface area contributed by atoms with E-state index in [-0.39, 0.29) is 64.8 Å². The Kier molecular flexibility index (Phi) is 9.50. The van der Waals surface area contributed by atoms with Crippen LogP contribution in [0.15, 0.2) is 0 Å². The number of nitrogens with one attached hydrogen (secondary N) is 1. The van der Waals surface area contributed by atoms with Crippen LogP contribution in [0.25, 0.3) is 0 Å². The summed E-state index contributed by atoms with van der Waals surface area (Å²) in [5.41, 5.74) is -2.00. The molecule has 2 spiro atoms. The van der Waals surface area contributed by atoms with Crippen LogP contribution in [0.2, 0.25) is 0 Å². The topological polar surface area (TPSA) is 155 Å². The lowest BCUT2D eigenvalue weighted by Gasteiger charge is -2.36. The molecule has 10 nitrogen and oxygen atoms in total. The van der Waals surface area contributed by atoms with Crippen molar-refractivity contribution < 1.29 is 37.5 Å². The second kappa shape index (κ2) is 12.7. The molecule has 11 heteroatoms. The molecule has 1 aliphatic heterocycles. The van der Waals surface area contributed by atoms with Gasteiger partial charge in [-0.15, -0.1) is 0 Å². The van der Waals surface area contributed by atoms with Crippen molar-refractivity contribution in [1.29, 1.82) is 0 Å². The molecule has 1 saturated heterocycles. The molecule has 2 N–H and O–H groups in total. The van der Waals surface area contributed by atoms with E-state index in [4.69, 9.17) is 0 Å². The van der Waals surface area contributed by atoms with E-state index in [1.54, 1.807) is 4.90 Å². The van der Waals surface area contributed by atoms with Crippen LogP contribution >= 0.6 is 0 Å². The van der Waals surface area contributed by atoms with E-state index in [2.05, 4.69) is 18.6 Å². The second-order valence-corrected chi connectivity index (χ2v) is 20.8. The number of hydrogen-bond acceptors (Lipinski definition) is 7. The van der Waals surface area contributed by atoms with E-state index in [1.807, 2.05) is 27.7 Å². The van der Waals surface area contributed by atoms with Crippen molar-refractivity contribution >= 4 is 39.4 Å². The number of ketones is 2. The fourth-order valence-corrected chi connectivity index (χ4v) is 12.6. The lowest BCUT2D eigenvalue weighted by atomic mass is 9.73. The smallest absolute Gasteiger partial charge is 0.307 e. The summed E-state index contributed by atoms with van der Waals surface area (Å²) in [6.45, 7) is 12.6. The molecule has 6 fully saturated rings. The molecule has 0 unspecified atom stereocenters. The van der Waals surface area contributed by atoms with Gasteiger partial charge in [-0.3, -0.25) is 28.7 Å². The SMILES string of the molecule is CC[C@@H]1C[C@]1(CC(=O)[C@@H]1C[C@@]2(CN1C(=O)[C@@H](CC(=O)C[C@H](C(=O)O)C1CCCCC1)C(C)(C)C)C(C)(C)C21CCC1)C(=O)NS(=O)(=O)C1CC1. The van der Waals surface area contributed by atoms with Gasteiger partial charge >= 0.3 is 5.97 Å². The third-order valence-electron chi connectivity index (χ3n) is 15.1. The van der Waals surface area contributed by atoms with Gasteiger partial charge in [0.05, 0.1) is 22.6 Å². The molecule has 0 radical (unpaired) electrons. The van der Waals surface area contributed by atoms with Gasteiger partial charge in [0.1, 0.15) is 5.78 Å². The molecule has 0 aromatic carbocycles. The summed E-state index contributed by atoms with van der Waals surface area (Å²) in [6, 6.07) is -0.765. The first kappa shape index (κ1) is 37.5. The highest BCUT2D eigenvalue weighted by Crippen LogP contribution is 2.88. The van der Waals surface area contributed by atoms with Gasteiger partial charge < -0.3 is 10.0 Å². The van der Waals surface area contributed by atoms with Crippen LogP contribution in [0.1, 0.15) is 144 Å². The van der Waals surface area contributed by atoms with Crippen molar-refractivity contribution in [3.05, 3.63) is 0 Å². The van der Waals surface area contributed by atoms with Crippen LogP contribution < -0.4 is 4.72 Å². The molecule has 280 valence electrons. The molecule has 5 saturated carbocycles. The summed E-state index contributed by atoms with van der Waals surface area (Å²) in [7, 11) is -3.78. The monoisotopic (exact) mass is 716 g/mol. The minimum atomic E-state index is -3.78. The Morgan fingerprint density at radius 2 is 1.54 bits per heavy atom. The predicted octanol–water partition coefficient (Wildman–Crippen LogP) is 6.06. The molecule has 0 aromatic rings. The molecule has 1 heterocycles. The van der Waals surface area contributed by atoms with Gasteiger partial charge in [0, 0.05) is 37.1 Å². The van der Waals surface area contributed by atoms with E-state index >= 15 is 0 Å². The summed E-state index contributed by atoms with van der Waals surface area (Å²) in [4.78, 5) is 70.8. The Hall–Kier alpha value is -2.30. The first-order valence-electron chi connectivity index (χ1n) is 19.4. The predicted molar refractivity (Wildman–Crippen MR) is 188 cm³/mol. The van der Waals surface area contributed by atoms with Crippen molar-refractivity contribution in [2.24, 2.45) is 50.7 Å². The van der Waals surface area contributed by atoms with Crippen LogP contribution in [-0.4, -0.2) is 65.6 Å². The van der Waals surface area contributed by atoms with Gasteiger partial charge in [0.15, 0.2) is 5.78 Å². The lowest BCUT2D eigenvalue weighted by Crippen LogP contribution is -2.48. The fourth-order valence-electron chi connectivity index (χ4n) is 11.2. The van der Waals surface area contributed by atoms with Crippen molar-refractivity contribution in [2.45, 2.75) is 156 Å². The van der Waals surface area contributed by atoms with Crippen LogP contribution in [0.5, 0.6) is 0 Å². The van der Waals surface area contributed by atoms with Crippen LogP contribution in [-0.2, 0) is 34.0 Å². The Balaban J connectivity index is 1.25. The molecule has 6 rings (SSSR count). The minimum absolute atomic E-state index is 0.0386. The number of hydrogen-bond donors (Lipinski definition) is 2. The number of carboxylic acid groups (broad SMARTS) is 1. The Bertz CT molecular complexity index is 1530. The van der Waals surface area contributed by atoms with Crippen LogP contribution in [0.3, 0.4) is 0 Å². The summed E-state index contributed by atoms with van der Waals surface area (Å²) >= 11 is 0. The van der Waals surface area contributed by atoms with E-state index in [0.29, 0.717) is 38.6 Å². The average Bonchev–Trinajstić information content (AvgIpc) is 3.95. The third-order valence-corrected chi connectivity index (χ3v) is 16.9. The highest BCUT2D eigenvalue weighted by atomic mass is 32.2. The number of nitrogens with zero attached hydrogens (tertiary/aromatic N) is 1. The highest BCUT2D eigenvalue weighted by molar-refractivity contribution is 7.90. The van der Waals surface area contributed by atoms with E-state index in [1.165, 1.54) is 0 Å². The van der Waals surface area contributed by atoms with E-state index < -0.39 is 55.9 Å². The lowest BCUT2D eigenvalue weighted by molar-refractivity contribution is -0.148. The number of carboxylic acids is 1. The summed E-state index contributed by atoms with van der Waals surface area (Å²) < 4.78 is 27.8. The average molecular weight is 717 g/mol. The van der Waals surface area contributed by atoms with Crippen molar-refractivity contribution in [2.75, 3.05) is 6.54 Å². The number of aliphatic carboxylic acids is 1. The number of likely N-dealkylation sites (tertiary alicyclic amines) is 1. The molecule has 50 heavy (non-hydrogen) atoms. The van der Waals surface area contributed by atoms with Gasteiger partial charge in [-0.25, -0.2) is 8.42 Å². The Morgan fingerprint density at radius 1 is 0.900 bits per heavy atom. The maximum atomic E-state index is 14.9. The summed E-state index contributed by atoms with van der Waals surface area (Å²) in [5.74, 6) is -3.88. The molecule has 2 amide bonds. The maximum Gasteiger partial charge on any atom is 0.307 e. The van der Waals surface area contributed by atoms with Crippen LogP contribution in [0.4, 0.5) is 0 Å². The largest absolute Gasteiger partial charge is 0.481 e. The first-order valence-corrected chi connectivity index (χ1v) is 21.0. The first-order chi connectivity index (χ1) is 23.3. The molecule has 0 bridgehead atoms. The maximum absolute atomic E-state index is 14.9. The van der Waals surface area contributed by atoms with Crippen molar-refractivity contribution in [3.63, 3.8) is 0 Å². The zero-order valence-electron chi connectivity index (χ0n) is 31.1. The van der Waals surface area contributed by atoms with Gasteiger partial charge in [-0.2, -0.15) is 0 Å². The fraction of sp³-hybridized carbons (Fsp3) is 0.872. The number of carbonyl (C=O) groups is 5. The number of sulfonamides is 1. The van der Waals surface area contributed by atoms with E-state index in [9.17, 15) is 37.5 Å². The minimum Gasteiger partial charge on any atom is -0.481 e. The van der Waals surface area contributed by atoms with Gasteiger partial charge in [-0.1, -0.05) is 73.6 Å². The van der Waals surface area contributed by atoms with Gasteiger partial charge in [0.2, 0.25) is 21.8 Å². The number of rotatable bonds is 14. The van der Waals surface area contributed by atoms with Crippen LogP contribution in [0, 0.1) is 50.7 Å². The number of amides is 2. The number of fused-ring (bicyclic) bond motifs is 1. The molecule has 6 atom stereocenters. The zero-order chi connectivity index (χ0) is 36.7. The second-order valence-electron chi connectivity index (χ2n) is 18.8. The molecular formula is C39H60N2O8S. The molecule has 6 aliphatic rings. The summed E-state index contributed by atoms with van der Waals surface area (Å²) in [6.07, 6.45) is 10.2. The molecule has 5 aliphatic carbocycles. The normalized spacial score (nSPS) is 32.6. The molecule has 0 aromatic heterocycles. The van der Waals surface area contributed by atoms with Crippen molar-refractivity contribution in [1.82, 2.24) is 9.62 Å².